The van der Waals surface area contributed by atoms with E-state index in [1.807, 2.05) is 13.8 Å². The van der Waals surface area contributed by atoms with Gasteiger partial charge < -0.3 is 15.0 Å². The first-order valence-electron chi connectivity index (χ1n) is 9.12. The molecule has 1 N–H and O–H groups in total. The molecule has 0 spiro atoms. The van der Waals surface area contributed by atoms with Crippen molar-refractivity contribution in [3.8, 4) is 5.75 Å². The summed E-state index contributed by atoms with van der Waals surface area (Å²) in [6.07, 6.45) is -0.523. The Bertz CT molecular complexity index is 791. The van der Waals surface area contributed by atoms with E-state index in [0.29, 0.717) is 30.8 Å². The van der Waals surface area contributed by atoms with Gasteiger partial charge in [-0.25, -0.2) is 4.39 Å². The number of nitrogens with zero attached hydrogens (tertiary/aromatic N) is 1. The molecule has 5 nitrogen and oxygen atoms in total. The van der Waals surface area contributed by atoms with Gasteiger partial charge in [-0.15, -0.1) is 0 Å². The van der Waals surface area contributed by atoms with Crippen LogP contribution in [0.4, 0.5) is 10.1 Å². The summed E-state index contributed by atoms with van der Waals surface area (Å²) in [5, 5.41) is 2.75. The van der Waals surface area contributed by atoms with E-state index in [0.717, 1.165) is 0 Å². The second-order valence-corrected chi connectivity index (χ2v) is 5.96. The second-order valence-electron chi connectivity index (χ2n) is 5.96. The highest BCUT2D eigenvalue weighted by Crippen LogP contribution is 2.21. The average Bonchev–Trinajstić information content (AvgIpc) is 2.68. The molecule has 0 bridgehead atoms. The minimum absolute atomic E-state index is 0.0204. The number of ether oxygens (including phenoxy) is 1. The molecule has 0 aliphatic rings. The van der Waals surface area contributed by atoms with E-state index in [-0.39, 0.29) is 11.7 Å². The van der Waals surface area contributed by atoms with Crippen LogP contribution in [0, 0.1) is 5.82 Å². The van der Waals surface area contributed by atoms with Gasteiger partial charge >= 0.3 is 0 Å². The van der Waals surface area contributed by atoms with Gasteiger partial charge in [0.2, 0.25) is 0 Å². The molecule has 2 amide bonds. The van der Waals surface area contributed by atoms with E-state index < -0.39 is 17.8 Å². The number of amides is 2. The molecule has 27 heavy (non-hydrogen) atoms. The highest BCUT2D eigenvalue weighted by atomic mass is 19.1. The molecule has 0 heterocycles. The number of halogens is 1. The van der Waals surface area contributed by atoms with Gasteiger partial charge in [-0.2, -0.15) is 0 Å². The van der Waals surface area contributed by atoms with Crippen LogP contribution in [0.25, 0.3) is 0 Å². The third-order valence-electron chi connectivity index (χ3n) is 4.24. The predicted octanol–water partition coefficient (Wildman–Crippen LogP) is 4.10. The number of carbonyl (C=O) groups excluding carboxylic acids is 2. The summed E-state index contributed by atoms with van der Waals surface area (Å²) in [4.78, 5) is 27.0. The molecule has 0 saturated carbocycles. The van der Waals surface area contributed by atoms with Crippen molar-refractivity contribution in [2.24, 2.45) is 0 Å². The van der Waals surface area contributed by atoms with Crippen molar-refractivity contribution in [2.45, 2.75) is 33.3 Å². The normalized spacial score (nSPS) is 11.6. The maximum Gasteiger partial charge on any atom is 0.265 e. The molecule has 2 aromatic rings. The Balaban J connectivity index is 2.19. The summed E-state index contributed by atoms with van der Waals surface area (Å²) >= 11 is 0. The topological polar surface area (TPSA) is 58.6 Å². The minimum atomic E-state index is -0.876. The molecule has 0 aliphatic carbocycles. The Morgan fingerprint density at radius 3 is 2.30 bits per heavy atom. The molecule has 2 rings (SSSR count). The van der Waals surface area contributed by atoms with Crippen LogP contribution in [-0.2, 0) is 4.79 Å². The number of benzene rings is 2. The van der Waals surface area contributed by atoms with Crippen molar-refractivity contribution in [1.29, 1.82) is 0 Å². The highest BCUT2D eigenvalue weighted by molar-refractivity contribution is 6.04. The molecule has 0 radical (unpaired) electrons. The Kier molecular flexibility index (Phi) is 7.34. The van der Waals surface area contributed by atoms with Gasteiger partial charge in [-0.3, -0.25) is 9.59 Å². The predicted molar refractivity (Wildman–Crippen MR) is 103 cm³/mol. The lowest BCUT2D eigenvalue weighted by molar-refractivity contribution is -0.122. The quantitative estimate of drug-likeness (QED) is 0.759. The second kappa shape index (κ2) is 9.71. The van der Waals surface area contributed by atoms with Crippen molar-refractivity contribution < 1.29 is 18.7 Å². The third-order valence-corrected chi connectivity index (χ3v) is 4.24. The zero-order chi connectivity index (χ0) is 19.8. The molecule has 0 unspecified atom stereocenters. The first-order chi connectivity index (χ1) is 13.0. The van der Waals surface area contributed by atoms with Crippen LogP contribution in [0.2, 0.25) is 0 Å². The molecule has 144 valence electrons. The monoisotopic (exact) mass is 372 g/mol. The lowest BCUT2D eigenvalue weighted by Crippen LogP contribution is -2.34. The maximum atomic E-state index is 13.8. The van der Waals surface area contributed by atoms with E-state index in [9.17, 15) is 14.0 Å². The summed E-state index contributed by atoms with van der Waals surface area (Å²) in [7, 11) is 0. The van der Waals surface area contributed by atoms with Crippen molar-refractivity contribution in [3.63, 3.8) is 0 Å². The van der Waals surface area contributed by atoms with Crippen LogP contribution in [-0.4, -0.2) is 35.9 Å². The minimum Gasteiger partial charge on any atom is -0.478 e. The Labute approximate surface area is 159 Å². The molecule has 0 aromatic heterocycles. The Morgan fingerprint density at radius 2 is 1.67 bits per heavy atom. The number of hydrogen-bond donors (Lipinski definition) is 1. The van der Waals surface area contributed by atoms with Gasteiger partial charge in [0.1, 0.15) is 0 Å². The van der Waals surface area contributed by atoms with Gasteiger partial charge in [0.05, 0.1) is 11.3 Å². The van der Waals surface area contributed by atoms with Gasteiger partial charge in [0.25, 0.3) is 11.8 Å². The fourth-order valence-electron chi connectivity index (χ4n) is 2.69. The smallest absolute Gasteiger partial charge is 0.265 e. The lowest BCUT2D eigenvalue weighted by Gasteiger charge is -2.22. The van der Waals surface area contributed by atoms with E-state index in [1.54, 1.807) is 48.2 Å². The molecule has 6 heteroatoms. The zero-order valence-electron chi connectivity index (χ0n) is 15.9. The van der Waals surface area contributed by atoms with Crippen molar-refractivity contribution in [1.82, 2.24) is 4.90 Å². The summed E-state index contributed by atoms with van der Waals surface area (Å²) in [6, 6.07) is 12.8. The molecule has 1 atom stereocenters. The molecular formula is C21H25FN2O3. The van der Waals surface area contributed by atoms with Crippen molar-refractivity contribution >= 4 is 17.5 Å². The largest absolute Gasteiger partial charge is 0.478 e. The van der Waals surface area contributed by atoms with Gasteiger partial charge in [-0.05, 0) is 44.5 Å². The number of carbonyl (C=O) groups is 2. The summed E-state index contributed by atoms with van der Waals surface area (Å²) in [6.45, 7) is 6.73. The summed E-state index contributed by atoms with van der Waals surface area (Å²) < 4.78 is 19.3. The van der Waals surface area contributed by atoms with Gasteiger partial charge in [-0.1, -0.05) is 31.2 Å². The molecule has 0 fully saturated rings. The Morgan fingerprint density at radius 1 is 1.04 bits per heavy atom. The molecule has 0 saturated heterocycles. The summed E-state index contributed by atoms with van der Waals surface area (Å²) in [5.41, 5.74) is 0.824. The van der Waals surface area contributed by atoms with Crippen LogP contribution >= 0.6 is 0 Å². The lowest BCUT2D eigenvalue weighted by atomic mass is 10.1. The zero-order valence-corrected chi connectivity index (χ0v) is 15.9. The van der Waals surface area contributed by atoms with Crippen LogP contribution in [0.3, 0.4) is 0 Å². The van der Waals surface area contributed by atoms with Crippen LogP contribution in [0.5, 0.6) is 5.75 Å². The van der Waals surface area contributed by atoms with E-state index in [1.165, 1.54) is 12.1 Å². The van der Waals surface area contributed by atoms with Crippen molar-refractivity contribution in [2.75, 3.05) is 18.4 Å². The van der Waals surface area contributed by atoms with Crippen molar-refractivity contribution in [3.05, 3.63) is 59.9 Å². The average molecular weight is 372 g/mol. The van der Waals surface area contributed by atoms with E-state index in [4.69, 9.17) is 4.74 Å². The fourth-order valence-corrected chi connectivity index (χ4v) is 2.69. The number of nitrogens with one attached hydrogen (secondary N) is 1. The number of para-hydroxylation sites is 2. The SMILES string of the molecule is CC[C@@H](Oc1ccccc1F)C(=O)Nc1ccccc1C(=O)N(CC)CC. The van der Waals surface area contributed by atoms with Gasteiger partial charge in [0.15, 0.2) is 17.7 Å². The van der Waals surface area contributed by atoms with Crippen LogP contribution < -0.4 is 10.1 Å². The maximum absolute atomic E-state index is 13.8. The fraction of sp³-hybridized carbons (Fsp3) is 0.333. The standard InChI is InChI=1S/C21H25FN2O3/c1-4-18(27-19-14-10-8-12-16(19)22)20(25)23-17-13-9-7-11-15(17)21(26)24(5-2)6-3/h7-14,18H,4-6H2,1-3H3,(H,23,25)/t18-/m1/s1. The molecule has 2 aromatic carbocycles. The molecule has 0 aliphatic heterocycles. The number of rotatable bonds is 8. The highest BCUT2D eigenvalue weighted by Gasteiger charge is 2.23. The third kappa shape index (κ3) is 5.06. The summed E-state index contributed by atoms with van der Waals surface area (Å²) in [5.74, 6) is -1.09. The number of hydrogen-bond acceptors (Lipinski definition) is 3. The van der Waals surface area contributed by atoms with Gasteiger partial charge in [0, 0.05) is 13.1 Å². The number of anilines is 1. The Hall–Kier alpha value is -2.89. The first kappa shape index (κ1) is 20.4. The van der Waals surface area contributed by atoms with E-state index in [2.05, 4.69) is 5.32 Å². The molecular weight excluding hydrogens is 347 g/mol. The van der Waals surface area contributed by atoms with Crippen LogP contribution in [0.1, 0.15) is 37.6 Å². The first-order valence-corrected chi connectivity index (χ1v) is 9.12. The van der Waals surface area contributed by atoms with Crippen LogP contribution in [0.15, 0.2) is 48.5 Å². The van der Waals surface area contributed by atoms with E-state index >= 15 is 0 Å².